The first kappa shape index (κ1) is 34.8. The van der Waals surface area contributed by atoms with Crippen LogP contribution < -0.4 is 4.90 Å². The molecule has 4 aliphatic rings. The lowest BCUT2D eigenvalue weighted by atomic mass is 9.82. The second-order valence-electron chi connectivity index (χ2n) is 18.4. The molecule has 3 fully saturated rings. The van der Waals surface area contributed by atoms with E-state index in [0.717, 1.165) is 17.8 Å². The van der Waals surface area contributed by atoms with Crippen molar-refractivity contribution in [2.24, 2.45) is 11.8 Å². The predicted octanol–water partition coefficient (Wildman–Crippen LogP) is 15.9. The van der Waals surface area contributed by atoms with Crippen LogP contribution in [0, 0.1) is 11.8 Å². The molecule has 0 aliphatic heterocycles. The van der Waals surface area contributed by atoms with E-state index >= 15 is 0 Å². The number of hydrogen-bond donors (Lipinski definition) is 0. The van der Waals surface area contributed by atoms with Gasteiger partial charge in [0, 0.05) is 22.5 Å². The van der Waals surface area contributed by atoms with Crippen molar-refractivity contribution in [1.82, 2.24) is 0 Å². The molecule has 7 aromatic carbocycles. The molecule has 1 nitrogen and oxygen atoms in total. The summed E-state index contributed by atoms with van der Waals surface area (Å²) in [6, 6.07) is 58.3. The lowest BCUT2D eigenvalue weighted by Crippen LogP contribution is -2.16. The fourth-order valence-corrected chi connectivity index (χ4v) is 11.6. The molecule has 3 atom stereocenters. The Morgan fingerprint density at radius 1 is 0.456 bits per heavy atom. The normalized spacial score (nSPS) is 20.8. The first-order valence-corrected chi connectivity index (χ1v) is 21.9. The summed E-state index contributed by atoms with van der Waals surface area (Å²) in [4.78, 5) is 2.48. The zero-order valence-electron chi connectivity index (χ0n) is 33.6. The lowest BCUT2D eigenvalue weighted by Gasteiger charge is -2.29. The molecule has 1 heteroatoms. The van der Waals surface area contributed by atoms with Gasteiger partial charge in [0.15, 0.2) is 0 Å². The summed E-state index contributed by atoms with van der Waals surface area (Å²) in [6.45, 7) is 4.80. The van der Waals surface area contributed by atoms with E-state index in [1.54, 1.807) is 5.56 Å². The number of hydrogen-bond acceptors (Lipinski definition) is 1. The Morgan fingerprint density at radius 2 is 1.09 bits per heavy atom. The maximum atomic E-state index is 2.48. The highest BCUT2D eigenvalue weighted by Gasteiger charge is 2.40. The van der Waals surface area contributed by atoms with E-state index in [4.69, 9.17) is 0 Å². The SMILES string of the molecule is CC1(C)c2ccc(-c3ccc4ccccc4c3)cc2-c2ccc(N(c3ccc(-c4ccc(C5CC6CCC5C6)cc4)cc3)c3ccc(C4CCCCC4)cc3)cc21. The number of anilines is 3. The lowest BCUT2D eigenvalue weighted by molar-refractivity contribution is 0.420. The molecule has 0 heterocycles. The van der Waals surface area contributed by atoms with Crippen LogP contribution in [0.4, 0.5) is 17.1 Å². The highest BCUT2D eigenvalue weighted by Crippen LogP contribution is 2.54. The molecular weight excluding hydrogens is 687 g/mol. The van der Waals surface area contributed by atoms with Crippen LogP contribution in [0.1, 0.15) is 106 Å². The molecule has 0 N–H and O–H groups in total. The zero-order chi connectivity index (χ0) is 38.1. The first-order valence-electron chi connectivity index (χ1n) is 21.9. The fourth-order valence-electron chi connectivity index (χ4n) is 11.6. The van der Waals surface area contributed by atoms with Crippen LogP contribution in [0.25, 0.3) is 44.2 Å². The molecule has 0 radical (unpaired) electrons. The third-order valence-corrected chi connectivity index (χ3v) is 14.8. The van der Waals surface area contributed by atoms with Gasteiger partial charge in [0.1, 0.15) is 0 Å². The van der Waals surface area contributed by atoms with E-state index in [-0.39, 0.29) is 5.41 Å². The number of rotatable bonds is 7. The first-order chi connectivity index (χ1) is 28.0. The van der Waals surface area contributed by atoms with Crippen LogP contribution in [0.5, 0.6) is 0 Å². The second kappa shape index (κ2) is 13.9. The summed E-state index contributed by atoms with van der Waals surface area (Å²) < 4.78 is 0. The molecule has 3 saturated carbocycles. The van der Waals surface area contributed by atoms with E-state index < -0.39 is 0 Å². The molecule has 57 heavy (non-hydrogen) atoms. The van der Waals surface area contributed by atoms with Crippen LogP contribution in [0.15, 0.2) is 152 Å². The minimum Gasteiger partial charge on any atom is -0.310 e. The maximum Gasteiger partial charge on any atom is 0.0465 e. The minimum atomic E-state index is -0.118. The third-order valence-electron chi connectivity index (χ3n) is 14.8. The molecule has 11 rings (SSSR count). The van der Waals surface area contributed by atoms with Gasteiger partial charge >= 0.3 is 0 Å². The molecule has 2 bridgehead atoms. The summed E-state index contributed by atoms with van der Waals surface area (Å²) >= 11 is 0. The Labute approximate surface area is 339 Å². The second-order valence-corrected chi connectivity index (χ2v) is 18.4. The standard InChI is InChI=1S/C56H53N/c1-56(2)54-31-24-46(45-19-16-39-10-6-7-11-44(39)34-45)35-53(54)51-30-29-50(36-55(51)56)57(48-25-20-41(21-26-48)38-8-4-3-5-9-38)49-27-22-42(23-28-49)40-14-17-43(18-15-40)52-33-37-12-13-47(52)32-37/h6-7,10-11,14-31,34-38,47,52H,3-5,8-9,12-13,32-33H2,1-2H3. The summed E-state index contributed by atoms with van der Waals surface area (Å²) in [5.41, 5.74) is 17.1. The van der Waals surface area contributed by atoms with Gasteiger partial charge in [0.05, 0.1) is 0 Å². The summed E-state index contributed by atoms with van der Waals surface area (Å²) in [7, 11) is 0. The van der Waals surface area contributed by atoms with E-state index in [1.807, 2.05) is 0 Å². The smallest absolute Gasteiger partial charge is 0.0465 e. The van der Waals surface area contributed by atoms with Gasteiger partial charge in [-0.1, -0.05) is 143 Å². The Kier molecular flexibility index (Phi) is 8.50. The van der Waals surface area contributed by atoms with E-state index in [1.165, 1.54) is 136 Å². The molecular formula is C56H53N. The van der Waals surface area contributed by atoms with Gasteiger partial charge in [0.2, 0.25) is 0 Å². The van der Waals surface area contributed by atoms with Gasteiger partial charge in [-0.2, -0.15) is 0 Å². The van der Waals surface area contributed by atoms with Crippen molar-refractivity contribution in [3.8, 4) is 33.4 Å². The molecule has 7 aromatic rings. The summed E-state index contributed by atoms with van der Waals surface area (Å²) in [5.74, 6) is 3.35. The summed E-state index contributed by atoms with van der Waals surface area (Å²) in [5, 5.41) is 2.56. The van der Waals surface area contributed by atoms with Crippen molar-refractivity contribution in [2.75, 3.05) is 4.90 Å². The van der Waals surface area contributed by atoms with Gasteiger partial charge in [-0.05, 0) is 171 Å². The highest BCUT2D eigenvalue weighted by molar-refractivity contribution is 5.91. The molecule has 0 spiro atoms. The molecule has 0 saturated heterocycles. The van der Waals surface area contributed by atoms with Crippen LogP contribution >= 0.6 is 0 Å². The monoisotopic (exact) mass is 739 g/mol. The predicted molar refractivity (Wildman–Crippen MR) is 241 cm³/mol. The Bertz CT molecular complexity index is 2590. The van der Waals surface area contributed by atoms with E-state index in [9.17, 15) is 0 Å². The van der Waals surface area contributed by atoms with Crippen molar-refractivity contribution in [2.45, 2.75) is 88.9 Å². The molecule has 4 aliphatic carbocycles. The van der Waals surface area contributed by atoms with Crippen molar-refractivity contribution in [3.05, 3.63) is 174 Å². The van der Waals surface area contributed by atoms with Crippen molar-refractivity contribution in [3.63, 3.8) is 0 Å². The van der Waals surface area contributed by atoms with Crippen LogP contribution in [-0.4, -0.2) is 0 Å². The number of fused-ring (bicyclic) bond motifs is 6. The number of nitrogens with zero attached hydrogens (tertiary/aromatic N) is 1. The zero-order valence-corrected chi connectivity index (χ0v) is 33.6. The van der Waals surface area contributed by atoms with E-state index in [0.29, 0.717) is 5.92 Å². The maximum absolute atomic E-state index is 2.48. The van der Waals surface area contributed by atoms with Gasteiger partial charge in [0.25, 0.3) is 0 Å². The van der Waals surface area contributed by atoms with Crippen LogP contribution in [0.2, 0.25) is 0 Å². The van der Waals surface area contributed by atoms with Crippen LogP contribution in [0.3, 0.4) is 0 Å². The van der Waals surface area contributed by atoms with Gasteiger partial charge in [-0.25, -0.2) is 0 Å². The largest absolute Gasteiger partial charge is 0.310 e. The minimum absolute atomic E-state index is 0.118. The average Bonchev–Trinajstić information content (AvgIpc) is 3.97. The quantitative estimate of drug-likeness (QED) is 0.157. The van der Waals surface area contributed by atoms with Gasteiger partial charge < -0.3 is 4.90 Å². The highest BCUT2D eigenvalue weighted by atomic mass is 15.1. The fraction of sp³-hybridized carbons (Fsp3) is 0.286. The van der Waals surface area contributed by atoms with E-state index in [2.05, 4.69) is 170 Å². The Hall–Kier alpha value is -5.40. The number of benzene rings is 7. The van der Waals surface area contributed by atoms with Gasteiger partial charge in [-0.15, -0.1) is 0 Å². The summed E-state index contributed by atoms with van der Waals surface area (Å²) in [6.07, 6.45) is 12.5. The third kappa shape index (κ3) is 6.13. The molecule has 0 aromatic heterocycles. The molecule has 0 amide bonds. The van der Waals surface area contributed by atoms with Crippen molar-refractivity contribution < 1.29 is 0 Å². The van der Waals surface area contributed by atoms with Crippen molar-refractivity contribution >= 4 is 27.8 Å². The average molecular weight is 740 g/mol. The van der Waals surface area contributed by atoms with Crippen LogP contribution in [-0.2, 0) is 5.41 Å². The topological polar surface area (TPSA) is 3.24 Å². The molecule has 3 unspecified atom stereocenters. The van der Waals surface area contributed by atoms with Crippen molar-refractivity contribution in [1.29, 1.82) is 0 Å². The van der Waals surface area contributed by atoms with Gasteiger partial charge in [-0.3, -0.25) is 0 Å². The Morgan fingerprint density at radius 3 is 1.81 bits per heavy atom. The molecule has 282 valence electrons. The Balaban J connectivity index is 0.944.